The molecule has 1 aromatic carbocycles. The van der Waals surface area contributed by atoms with Crippen LogP contribution in [-0.4, -0.2) is 18.8 Å². The number of rotatable bonds is 2. The fourth-order valence-corrected chi connectivity index (χ4v) is 2.82. The number of phenols is 1. The molecule has 0 radical (unpaired) electrons. The predicted molar refractivity (Wildman–Crippen MR) is 69.0 cm³/mol. The first-order valence-corrected chi connectivity index (χ1v) is 6.32. The van der Waals surface area contributed by atoms with Crippen LogP contribution in [0.15, 0.2) is 6.07 Å². The number of benzene rings is 1. The van der Waals surface area contributed by atoms with Crippen LogP contribution in [0.2, 0.25) is 5.02 Å². The van der Waals surface area contributed by atoms with Gasteiger partial charge >= 0.3 is 0 Å². The fraction of sp³-hybridized carbons (Fsp3) is 0.538. The van der Waals surface area contributed by atoms with Crippen molar-refractivity contribution in [2.24, 2.45) is 0 Å². The van der Waals surface area contributed by atoms with Gasteiger partial charge in [0.2, 0.25) is 0 Å². The lowest BCUT2D eigenvalue weighted by atomic mass is 9.93. The molecule has 0 aliphatic carbocycles. The topological polar surface area (TPSA) is 41.5 Å². The van der Waals surface area contributed by atoms with Crippen LogP contribution in [0.4, 0.5) is 0 Å². The van der Waals surface area contributed by atoms with E-state index < -0.39 is 0 Å². The summed E-state index contributed by atoms with van der Waals surface area (Å²) in [5.74, 6) is 0.552. The quantitative estimate of drug-likeness (QED) is 0.853. The maximum atomic E-state index is 10.3. The van der Waals surface area contributed by atoms with Crippen molar-refractivity contribution in [3.8, 4) is 11.5 Å². The number of piperidine rings is 1. The monoisotopic (exact) mass is 255 g/mol. The summed E-state index contributed by atoms with van der Waals surface area (Å²) in [7, 11) is 1.52. The number of methoxy groups -OCH3 is 1. The molecular weight excluding hydrogens is 238 g/mol. The Morgan fingerprint density at radius 3 is 2.82 bits per heavy atom. The lowest BCUT2D eigenvalue weighted by molar-refractivity contribution is 0.354. The fourth-order valence-electron chi connectivity index (χ4n) is 2.49. The van der Waals surface area contributed by atoms with Gasteiger partial charge in [-0.05, 0) is 37.9 Å². The zero-order valence-corrected chi connectivity index (χ0v) is 11.0. The van der Waals surface area contributed by atoms with Gasteiger partial charge in [0, 0.05) is 11.6 Å². The summed E-state index contributed by atoms with van der Waals surface area (Å²) in [5, 5.41) is 14.1. The Balaban J connectivity index is 2.44. The molecule has 0 aromatic heterocycles. The molecule has 4 heteroatoms. The van der Waals surface area contributed by atoms with Gasteiger partial charge in [-0.3, -0.25) is 0 Å². The van der Waals surface area contributed by atoms with E-state index in [1.165, 1.54) is 20.0 Å². The summed E-state index contributed by atoms with van der Waals surface area (Å²) in [5.41, 5.74) is 1.93. The number of aryl methyl sites for hydroxylation is 1. The third kappa shape index (κ3) is 2.35. The molecule has 1 aliphatic rings. The van der Waals surface area contributed by atoms with E-state index in [-0.39, 0.29) is 11.8 Å². The first-order valence-electron chi connectivity index (χ1n) is 5.94. The SMILES string of the molecule is COc1c(Cl)cc(C)c(C2CCCCN2)c1O. The van der Waals surface area contributed by atoms with Gasteiger partial charge in [0.25, 0.3) is 0 Å². The number of ether oxygens (including phenoxy) is 1. The lowest BCUT2D eigenvalue weighted by Crippen LogP contribution is -2.27. The summed E-state index contributed by atoms with van der Waals surface area (Å²) in [4.78, 5) is 0. The largest absolute Gasteiger partial charge is 0.504 e. The summed E-state index contributed by atoms with van der Waals surface area (Å²) in [6, 6.07) is 2.06. The minimum absolute atomic E-state index is 0.178. The summed E-state index contributed by atoms with van der Waals surface area (Å²) < 4.78 is 5.15. The molecule has 1 unspecified atom stereocenters. The van der Waals surface area contributed by atoms with Crippen molar-refractivity contribution in [2.75, 3.05) is 13.7 Å². The highest BCUT2D eigenvalue weighted by Gasteiger charge is 2.23. The van der Waals surface area contributed by atoms with Gasteiger partial charge in [0.1, 0.15) is 0 Å². The van der Waals surface area contributed by atoms with Gasteiger partial charge < -0.3 is 15.2 Å². The number of aromatic hydroxyl groups is 1. The second kappa shape index (κ2) is 5.15. The summed E-state index contributed by atoms with van der Waals surface area (Å²) in [6.45, 7) is 2.96. The van der Waals surface area contributed by atoms with E-state index in [9.17, 15) is 5.11 Å². The van der Waals surface area contributed by atoms with E-state index in [0.29, 0.717) is 10.8 Å². The molecule has 0 bridgehead atoms. The number of halogens is 1. The van der Waals surface area contributed by atoms with Crippen molar-refractivity contribution in [1.29, 1.82) is 0 Å². The van der Waals surface area contributed by atoms with Gasteiger partial charge in [-0.25, -0.2) is 0 Å². The Morgan fingerprint density at radius 2 is 2.24 bits per heavy atom. The van der Waals surface area contributed by atoms with Crippen LogP contribution in [0.1, 0.15) is 36.4 Å². The van der Waals surface area contributed by atoms with E-state index in [1.54, 1.807) is 0 Å². The highest BCUT2D eigenvalue weighted by atomic mass is 35.5. The van der Waals surface area contributed by atoms with E-state index >= 15 is 0 Å². The first kappa shape index (κ1) is 12.5. The van der Waals surface area contributed by atoms with Crippen LogP contribution in [0.5, 0.6) is 11.5 Å². The van der Waals surface area contributed by atoms with Crippen LogP contribution in [0, 0.1) is 6.92 Å². The van der Waals surface area contributed by atoms with Crippen molar-refractivity contribution in [3.05, 3.63) is 22.2 Å². The molecule has 1 heterocycles. The molecule has 3 nitrogen and oxygen atoms in total. The average molecular weight is 256 g/mol. The molecule has 0 amide bonds. The Hall–Kier alpha value is -0.930. The van der Waals surface area contributed by atoms with Gasteiger partial charge in [-0.1, -0.05) is 18.0 Å². The van der Waals surface area contributed by atoms with Crippen molar-refractivity contribution >= 4 is 11.6 Å². The van der Waals surface area contributed by atoms with Gasteiger partial charge in [0.05, 0.1) is 12.1 Å². The second-order valence-corrected chi connectivity index (χ2v) is 4.88. The van der Waals surface area contributed by atoms with Crippen LogP contribution < -0.4 is 10.1 Å². The number of hydrogen-bond donors (Lipinski definition) is 2. The Kier molecular flexibility index (Phi) is 3.79. The van der Waals surface area contributed by atoms with Crippen LogP contribution in [0.25, 0.3) is 0 Å². The molecule has 1 saturated heterocycles. The van der Waals surface area contributed by atoms with Gasteiger partial charge in [0.15, 0.2) is 11.5 Å². The highest BCUT2D eigenvalue weighted by Crippen LogP contribution is 2.43. The van der Waals surface area contributed by atoms with Gasteiger partial charge in [-0.2, -0.15) is 0 Å². The molecule has 1 fully saturated rings. The minimum Gasteiger partial charge on any atom is -0.504 e. The molecule has 17 heavy (non-hydrogen) atoms. The molecular formula is C13H18ClNO2. The molecule has 2 rings (SSSR count). The maximum absolute atomic E-state index is 10.3. The smallest absolute Gasteiger partial charge is 0.179 e. The average Bonchev–Trinajstić information content (AvgIpc) is 2.30. The van der Waals surface area contributed by atoms with Crippen LogP contribution in [0.3, 0.4) is 0 Å². The Bertz CT molecular complexity index is 414. The number of hydrogen-bond acceptors (Lipinski definition) is 3. The Morgan fingerprint density at radius 1 is 1.47 bits per heavy atom. The molecule has 0 spiro atoms. The third-order valence-electron chi connectivity index (χ3n) is 3.32. The summed E-state index contributed by atoms with van der Waals surface area (Å²) in [6.07, 6.45) is 3.42. The van der Waals surface area contributed by atoms with E-state index in [1.807, 2.05) is 13.0 Å². The Labute approximate surface area is 107 Å². The minimum atomic E-state index is 0.178. The van der Waals surface area contributed by atoms with E-state index in [0.717, 1.165) is 24.1 Å². The molecule has 1 aromatic rings. The van der Waals surface area contributed by atoms with Gasteiger partial charge in [-0.15, -0.1) is 0 Å². The zero-order valence-electron chi connectivity index (χ0n) is 10.2. The van der Waals surface area contributed by atoms with Crippen LogP contribution in [-0.2, 0) is 0 Å². The zero-order chi connectivity index (χ0) is 12.4. The summed E-state index contributed by atoms with van der Waals surface area (Å²) >= 11 is 6.04. The van der Waals surface area contributed by atoms with E-state index in [4.69, 9.17) is 16.3 Å². The molecule has 1 aliphatic heterocycles. The third-order valence-corrected chi connectivity index (χ3v) is 3.60. The van der Waals surface area contributed by atoms with Crippen molar-refractivity contribution in [3.63, 3.8) is 0 Å². The molecule has 2 N–H and O–H groups in total. The maximum Gasteiger partial charge on any atom is 0.179 e. The molecule has 0 saturated carbocycles. The lowest BCUT2D eigenvalue weighted by Gasteiger charge is -2.26. The predicted octanol–water partition coefficient (Wildman–Crippen LogP) is 3.18. The number of phenolic OH excluding ortho intramolecular Hbond substituents is 1. The second-order valence-electron chi connectivity index (χ2n) is 4.47. The molecule has 94 valence electrons. The van der Waals surface area contributed by atoms with Crippen molar-refractivity contribution < 1.29 is 9.84 Å². The molecule has 1 atom stereocenters. The normalized spacial score (nSPS) is 20.3. The van der Waals surface area contributed by atoms with Crippen LogP contribution >= 0.6 is 11.6 Å². The van der Waals surface area contributed by atoms with Crippen molar-refractivity contribution in [2.45, 2.75) is 32.2 Å². The van der Waals surface area contributed by atoms with Crippen molar-refractivity contribution in [1.82, 2.24) is 5.32 Å². The first-order chi connectivity index (χ1) is 8.15. The standard InChI is InChI=1S/C13H18ClNO2/c1-8-7-9(14)13(17-2)12(16)11(8)10-5-3-4-6-15-10/h7,10,15-16H,3-6H2,1-2H3. The van der Waals surface area contributed by atoms with E-state index in [2.05, 4.69) is 5.32 Å². The highest BCUT2D eigenvalue weighted by molar-refractivity contribution is 6.32. The number of nitrogens with one attached hydrogen (secondary N) is 1.